The van der Waals surface area contributed by atoms with Gasteiger partial charge in [-0.2, -0.15) is 0 Å². The van der Waals surface area contributed by atoms with Crippen LogP contribution in [0.2, 0.25) is 0 Å². The Kier molecular flexibility index (Phi) is 8.64. The van der Waals surface area contributed by atoms with Gasteiger partial charge in [-0.05, 0) is 140 Å². The number of benzene rings is 9. The number of para-hydroxylation sites is 2. The van der Waals surface area contributed by atoms with Crippen molar-refractivity contribution >= 4 is 39.7 Å². The van der Waals surface area contributed by atoms with Crippen molar-refractivity contribution in [3.63, 3.8) is 0 Å². The third-order valence-electron chi connectivity index (χ3n) is 15.1. The van der Waals surface area contributed by atoms with Gasteiger partial charge in [0.25, 0.3) is 0 Å². The zero-order chi connectivity index (χ0) is 44.0. The van der Waals surface area contributed by atoms with Gasteiger partial charge in [-0.15, -0.1) is 0 Å². The third kappa shape index (κ3) is 5.55. The van der Waals surface area contributed by atoms with Crippen LogP contribution in [0.25, 0.3) is 39.0 Å². The van der Waals surface area contributed by atoms with Crippen molar-refractivity contribution in [2.75, 3.05) is 9.80 Å². The lowest BCUT2D eigenvalue weighted by atomic mass is 9.65. The number of nitrogens with zero attached hydrogens (tertiary/aromatic N) is 2. The van der Waals surface area contributed by atoms with Gasteiger partial charge < -0.3 is 9.80 Å². The predicted octanol–water partition coefficient (Wildman–Crippen LogP) is 16.9. The van der Waals surface area contributed by atoms with Crippen LogP contribution in [0.15, 0.2) is 237 Å². The number of allylic oxidation sites excluding steroid dienone is 4. The summed E-state index contributed by atoms with van der Waals surface area (Å²) in [4.78, 5) is 4.85. The topological polar surface area (TPSA) is 6.48 Å². The minimum atomic E-state index is -0.297. The van der Waals surface area contributed by atoms with Crippen molar-refractivity contribution in [1.82, 2.24) is 0 Å². The lowest BCUT2D eigenvalue weighted by molar-refractivity contribution is 0.494. The van der Waals surface area contributed by atoms with E-state index in [2.05, 4.69) is 260 Å². The van der Waals surface area contributed by atoms with Crippen molar-refractivity contribution in [2.24, 2.45) is 5.92 Å². The first-order valence-corrected chi connectivity index (χ1v) is 23.4. The molecule has 0 saturated heterocycles. The highest BCUT2D eigenvalue weighted by Gasteiger charge is 2.56. The Morgan fingerprint density at radius 1 is 0.394 bits per heavy atom. The maximum Gasteiger partial charge on any atom is 0.0543 e. The number of hydrogen-bond donors (Lipinski definition) is 0. The van der Waals surface area contributed by atoms with E-state index in [9.17, 15) is 0 Å². The molecule has 2 nitrogen and oxygen atoms in total. The molecule has 4 aliphatic rings. The molecular formula is C64H48N2. The van der Waals surface area contributed by atoms with Gasteiger partial charge in [-0.1, -0.05) is 184 Å². The molecule has 9 aromatic rings. The molecule has 0 saturated carbocycles. The Morgan fingerprint density at radius 3 is 1.56 bits per heavy atom. The fourth-order valence-corrected chi connectivity index (χ4v) is 12.2. The SMILES string of the molecule is CC1(C)c2ccccc2-c2ccc(N(c3ccc(-c4ccc(N(c5ccccc5)c5ccccc5)cc4)cc3)c3cccc4c3-c3ccccc3C43c4ccccc4C4=CC=CCC43)cc21. The quantitative estimate of drug-likeness (QED) is 0.158. The van der Waals surface area contributed by atoms with Crippen LogP contribution in [-0.4, -0.2) is 0 Å². The molecule has 0 heterocycles. The lowest BCUT2D eigenvalue weighted by Crippen LogP contribution is -2.32. The zero-order valence-electron chi connectivity index (χ0n) is 37.2. The van der Waals surface area contributed by atoms with Crippen LogP contribution in [0.1, 0.15) is 53.6 Å². The normalized spacial score (nSPS) is 17.5. The molecule has 314 valence electrons. The Bertz CT molecular complexity index is 3370. The molecule has 0 aliphatic heterocycles. The van der Waals surface area contributed by atoms with E-state index in [-0.39, 0.29) is 10.8 Å². The van der Waals surface area contributed by atoms with E-state index in [1.165, 1.54) is 78.0 Å². The first-order valence-electron chi connectivity index (χ1n) is 23.4. The van der Waals surface area contributed by atoms with Crippen molar-refractivity contribution in [3.8, 4) is 33.4 Å². The summed E-state index contributed by atoms with van der Waals surface area (Å²) < 4.78 is 0. The zero-order valence-corrected chi connectivity index (χ0v) is 37.2. The third-order valence-corrected chi connectivity index (χ3v) is 15.1. The Morgan fingerprint density at radius 2 is 0.894 bits per heavy atom. The number of fused-ring (bicyclic) bond motifs is 13. The largest absolute Gasteiger partial charge is 0.311 e. The monoisotopic (exact) mass is 844 g/mol. The Balaban J connectivity index is 0.966. The van der Waals surface area contributed by atoms with Crippen molar-refractivity contribution < 1.29 is 0 Å². The predicted molar refractivity (Wildman–Crippen MR) is 276 cm³/mol. The molecular weight excluding hydrogens is 797 g/mol. The fraction of sp³-hybridized carbons (Fsp3) is 0.0938. The van der Waals surface area contributed by atoms with Crippen LogP contribution in [-0.2, 0) is 10.8 Å². The van der Waals surface area contributed by atoms with Gasteiger partial charge in [-0.3, -0.25) is 0 Å². The summed E-state index contributed by atoms with van der Waals surface area (Å²) in [6.45, 7) is 4.76. The lowest BCUT2D eigenvalue weighted by Gasteiger charge is -2.36. The maximum absolute atomic E-state index is 2.54. The maximum atomic E-state index is 2.54. The van der Waals surface area contributed by atoms with Crippen LogP contribution >= 0.6 is 0 Å². The summed E-state index contributed by atoms with van der Waals surface area (Å²) in [6.07, 6.45) is 8.01. The minimum absolute atomic E-state index is 0.139. The average molecular weight is 845 g/mol. The molecule has 2 unspecified atom stereocenters. The molecule has 0 fully saturated rings. The van der Waals surface area contributed by atoms with E-state index >= 15 is 0 Å². The van der Waals surface area contributed by atoms with E-state index in [0.29, 0.717) is 5.92 Å². The number of hydrogen-bond acceptors (Lipinski definition) is 2. The summed E-state index contributed by atoms with van der Waals surface area (Å²) >= 11 is 0. The van der Waals surface area contributed by atoms with Crippen LogP contribution in [0.3, 0.4) is 0 Å². The van der Waals surface area contributed by atoms with Crippen LogP contribution in [0.5, 0.6) is 0 Å². The minimum Gasteiger partial charge on any atom is -0.311 e. The molecule has 0 aromatic heterocycles. The van der Waals surface area contributed by atoms with Gasteiger partial charge in [0.05, 0.1) is 11.1 Å². The van der Waals surface area contributed by atoms with Crippen molar-refractivity contribution in [1.29, 1.82) is 0 Å². The molecule has 0 amide bonds. The molecule has 2 atom stereocenters. The molecule has 66 heavy (non-hydrogen) atoms. The highest BCUT2D eigenvalue weighted by Crippen LogP contribution is 2.67. The summed E-state index contributed by atoms with van der Waals surface area (Å²) in [5.74, 6) is 0.309. The average Bonchev–Trinajstić information content (AvgIpc) is 3.94. The van der Waals surface area contributed by atoms with E-state index < -0.39 is 0 Å². The summed E-state index contributed by atoms with van der Waals surface area (Å²) in [5, 5.41) is 0. The summed E-state index contributed by atoms with van der Waals surface area (Å²) in [5.41, 5.74) is 23.9. The van der Waals surface area contributed by atoms with Gasteiger partial charge in [0.2, 0.25) is 0 Å². The standard InChI is InChI=1S/C64H48N2/c1-63(2)55-26-13-9-22-50(55)53-41-40-49(42-60(53)63)66(48-38-34-44(35-39-48)43-32-36-47(37-33-43)65(45-18-5-3-6-19-45)46-20-7-4-8-21-46)61-31-17-30-59-62(61)54-25-12-16-29-58(54)64(59)56-27-14-10-23-51(56)52-24-11-15-28-57(52)64/h3-27,29-42,57H,28H2,1-2H3. The van der Waals surface area contributed by atoms with Crippen LogP contribution in [0.4, 0.5) is 34.1 Å². The fourth-order valence-electron chi connectivity index (χ4n) is 12.2. The van der Waals surface area contributed by atoms with Gasteiger partial charge in [0, 0.05) is 45.3 Å². The second-order valence-electron chi connectivity index (χ2n) is 18.8. The number of rotatable bonds is 7. The smallest absolute Gasteiger partial charge is 0.0543 e. The highest BCUT2D eigenvalue weighted by molar-refractivity contribution is 6.00. The molecule has 2 heteroatoms. The van der Waals surface area contributed by atoms with E-state index in [1.807, 2.05) is 0 Å². The first kappa shape index (κ1) is 38.5. The van der Waals surface area contributed by atoms with E-state index in [0.717, 1.165) is 34.9 Å². The van der Waals surface area contributed by atoms with Gasteiger partial charge in [0.15, 0.2) is 0 Å². The second-order valence-corrected chi connectivity index (χ2v) is 18.8. The van der Waals surface area contributed by atoms with Crippen molar-refractivity contribution in [2.45, 2.75) is 31.1 Å². The number of anilines is 6. The molecule has 0 radical (unpaired) electrons. The van der Waals surface area contributed by atoms with E-state index in [4.69, 9.17) is 0 Å². The van der Waals surface area contributed by atoms with Gasteiger partial charge in [0.1, 0.15) is 0 Å². The molecule has 9 aromatic carbocycles. The van der Waals surface area contributed by atoms with Gasteiger partial charge in [-0.25, -0.2) is 0 Å². The van der Waals surface area contributed by atoms with Crippen LogP contribution < -0.4 is 9.80 Å². The molecule has 13 rings (SSSR count). The molecule has 0 N–H and O–H groups in total. The van der Waals surface area contributed by atoms with E-state index in [1.54, 1.807) is 0 Å². The Labute approximate surface area is 388 Å². The van der Waals surface area contributed by atoms with Gasteiger partial charge >= 0.3 is 0 Å². The molecule has 1 spiro atoms. The summed E-state index contributed by atoms with van der Waals surface area (Å²) in [7, 11) is 0. The molecule has 4 aliphatic carbocycles. The Hall–Kier alpha value is -7.94. The second kappa shape index (κ2) is 14.8. The van der Waals surface area contributed by atoms with Crippen molar-refractivity contribution in [3.05, 3.63) is 270 Å². The summed E-state index contributed by atoms with van der Waals surface area (Å²) in [6, 6.07) is 81.2. The molecule has 0 bridgehead atoms. The highest BCUT2D eigenvalue weighted by atomic mass is 15.1. The van der Waals surface area contributed by atoms with Crippen LogP contribution in [0, 0.1) is 5.92 Å². The first-order chi connectivity index (χ1) is 32.5.